The molecule has 1 aromatic heterocycles. The number of hydrogen-bond donors (Lipinski definition) is 1. The van der Waals surface area contributed by atoms with Gasteiger partial charge in [-0.05, 0) is 17.7 Å². The van der Waals surface area contributed by atoms with Crippen LogP contribution in [0, 0.1) is 0 Å². The Labute approximate surface area is 130 Å². The molecule has 0 atom stereocenters. The smallest absolute Gasteiger partial charge is 0.378 e. The number of methoxy groups -OCH3 is 1. The van der Waals surface area contributed by atoms with E-state index in [1.54, 1.807) is 6.07 Å². The number of aromatic nitrogens is 2. The second-order valence-corrected chi connectivity index (χ2v) is 4.83. The quantitative estimate of drug-likeness (QED) is 0.844. The Bertz CT molecular complexity index is 649. The van der Waals surface area contributed by atoms with Gasteiger partial charge in [0.15, 0.2) is 0 Å². The molecule has 0 aliphatic heterocycles. The summed E-state index contributed by atoms with van der Waals surface area (Å²) in [6.45, 7) is 0.165. The number of nitrogens with zero attached hydrogens (tertiary/aromatic N) is 2. The van der Waals surface area contributed by atoms with Gasteiger partial charge in [0.05, 0.1) is 17.9 Å². The van der Waals surface area contributed by atoms with Crippen LogP contribution in [-0.2, 0) is 24.1 Å². The lowest BCUT2D eigenvalue weighted by Gasteiger charge is -2.13. The monoisotopic (exact) mass is 331 g/mol. The Morgan fingerprint density at radius 3 is 2.64 bits per heavy atom. The average molecular weight is 332 g/mol. The highest BCUT2D eigenvalue weighted by Gasteiger charge is 2.32. The van der Waals surface area contributed by atoms with Crippen LogP contribution in [0.3, 0.4) is 0 Å². The predicted molar refractivity (Wildman–Crippen MR) is 76.5 cm³/mol. The molecule has 1 aromatic carbocycles. The zero-order valence-corrected chi connectivity index (χ0v) is 12.4. The number of anilines is 1. The molecular weight excluding hydrogens is 319 g/mol. The van der Waals surface area contributed by atoms with Crippen molar-refractivity contribution in [2.45, 2.75) is 19.3 Å². The molecule has 8 heteroatoms. The van der Waals surface area contributed by atoms with Gasteiger partial charge in [0.1, 0.15) is 5.15 Å². The average Bonchev–Trinajstić information content (AvgIpc) is 2.44. The van der Waals surface area contributed by atoms with Gasteiger partial charge in [0, 0.05) is 13.7 Å². The summed E-state index contributed by atoms with van der Waals surface area (Å²) in [5.74, 6) is 0.150. The first-order valence-electron chi connectivity index (χ1n) is 6.31. The molecule has 0 spiro atoms. The number of halogens is 4. The second-order valence-electron chi connectivity index (χ2n) is 4.45. The summed E-state index contributed by atoms with van der Waals surface area (Å²) in [5.41, 5.74) is -0.0531. The highest BCUT2D eigenvalue weighted by atomic mass is 35.5. The van der Waals surface area contributed by atoms with Crippen molar-refractivity contribution in [3.8, 4) is 0 Å². The van der Waals surface area contributed by atoms with Gasteiger partial charge >= 0.3 is 6.18 Å². The molecule has 0 unspecified atom stereocenters. The van der Waals surface area contributed by atoms with Gasteiger partial charge < -0.3 is 10.1 Å². The van der Waals surface area contributed by atoms with Crippen LogP contribution in [0.2, 0.25) is 5.15 Å². The Kier molecular flexibility index (Phi) is 5.20. The van der Waals surface area contributed by atoms with E-state index >= 15 is 0 Å². The number of hydrogen-bond acceptors (Lipinski definition) is 4. The number of ether oxygens (including phenoxy) is 1. The molecule has 0 amide bonds. The first kappa shape index (κ1) is 16.5. The zero-order chi connectivity index (χ0) is 16.2. The summed E-state index contributed by atoms with van der Waals surface area (Å²) in [6.07, 6.45) is -4.41. The molecule has 0 saturated carbocycles. The van der Waals surface area contributed by atoms with Gasteiger partial charge in [0.2, 0.25) is 5.95 Å². The van der Waals surface area contributed by atoms with Crippen LogP contribution in [0.5, 0.6) is 0 Å². The zero-order valence-electron chi connectivity index (χ0n) is 11.6. The van der Waals surface area contributed by atoms with Crippen LogP contribution in [0.25, 0.3) is 0 Å². The van der Waals surface area contributed by atoms with Gasteiger partial charge in [-0.2, -0.15) is 13.2 Å². The van der Waals surface area contributed by atoms with Gasteiger partial charge in [-0.25, -0.2) is 9.97 Å². The number of alkyl halides is 3. The first-order chi connectivity index (χ1) is 10.4. The molecule has 2 rings (SSSR count). The maximum Gasteiger partial charge on any atom is 0.416 e. The molecule has 1 N–H and O–H groups in total. The van der Waals surface area contributed by atoms with Gasteiger partial charge in [-0.1, -0.05) is 29.8 Å². The lowest BCUT2D eigenvalue weighted by Crippen LogP contribution is -2.13. The summed E-state index contributed by atoms with van der Waals surface area (Å²) in [4.78, 5) is 8.05. The van der Waals surface area contributed by atoms with Crippen LogP contribution in [0.1, 0.15) is 16.8 Å². The fourth-order valence-corrected chi connectivity index (χ4v) is 2.10. The summed E-state index contributed by atoms with van der Waals surface area (Å²) in [6, 6.07) is 6.85. The van der Waals surface area contributed by atoms with Gasteiger partial charge in [0.25, 0.3) is 0 Å². The van der Waals surface area contributed by atoms with Crippen molar-refractivity contribution in [1.82, 2.24) is 9.97 Å². The van der Waals surface area contributed by atoms with E-state index in [9.17, 15) is 13.2 Å². The fourth-order valence-electron chi connectivity index (χ4n) is 1.89. The SMILES string of the molecule is COCc1cc(Cl)nc(NCc2ccccc2C(F)(F)F)n1. The maximum atomic E-state index is 12.9. The fraction of sp³-hybridized carbons (Fsp3) is 0.286. The summed E-state index contributed by atoms with van der Waals surface area (Å²) >= 11 is 5.84. The second kappa shape index (κ2) is 6.93. The highest BCUT2D eigenvalue weighted by Crippen LogP contribution is 2.32. The van der Waals surface area contributed by atoms with Crippen molar-refractivity contribution < 1.29 is 17.9 Å². The molecule has 2 aromatic rings. The van der Waals surface area contributed by atoms with E-state index in [1.807, 2.05) is 0 Å². The predicted octanol–water partition coefficient (Wildman–Crippen LogP) is 3.91. The molecular formula is C14H13ClF3N3O. The largest absolute Gasteiger partial charge is 0.416 e. The minimum atomic E-state index is -4.41. The molecule has 0 saturated heterocycles. The molecule has 0 bridgehead atoms. The van der Waals surface area contributed by atoms with Crippen LogP contribution < -0.4 is 5.32 Å². The van der Waals surface area contributed by atoms with Crippen molar-refractivity contribution in [2.75, 3.05) is 12.4 Å². The van der Waals surface area contributed by atoms with Crippen LogP contribution >= 0.6 is 11.6 Å². The molecule has 0 aliphatic carbocycles. The lowest BCUT2D eigenvalue weighted by atomic mass is 10.1. The number of benzene rings is 1. The molecule has 4 nitrogen and oxygen atoms in total. The van der Waals surface area contributed by atoms with Crippen LogP contribution in [0.4, 0.5) is 19.1 Å². The third-order valence-corrected chi connectivity index (χ3v) is 2.99. The van der Waals surface area contributed by atoms with E-state index in [2.05, 4.69) is 15.3 Å². The van der Waals surface area contributed by atoms with E-state index in [4.69, 9.17) is 16.3 Å². The van der Waals surface area contributed by atoms with Crippen molar-refractivity contribution >= 4 is 17.5 Å². The van der Waals surface area contributed by atoms with E-state index < -0.39 is 11.7 Å². The molecule has 1 heterocycles. The van der Waals surface area contributed by atoms with Crippen molar-refractivity contribution in [2.24, 2.45) is 0 Å². The third-order valence-electron chi connectivity index (χ3n) is 2.80. The summed E-state index contributed by atoms with van der Waals surface area (Å²) in [5, 5.41) is 2.94. The standard InChI is InChI=1S/C14H13ClF3N3O/c1-22-8-10-6-12(15)21-13(20-10)19-7-9-4-2-3-5-11(9)14(16,17)18/h2-6H,7-8H2,1H3,(H,19,20,21). The van der Waals surface area contributed by atoms with E-state index in [0.29, 0.717) is 5.69 Å². The van der Waals surface area contributed by atoms with Gasteiger partial charge in [-0.15, -0.1) is 0 Å². The lowest BCUT2D eigenvalue weighted by molar-refractivity contribution is -0.138. The molecule has 0 radical (unpaired) electrons. The molecule has 0 aliphatic rings. The van der Waals surface area contributed by atoms with Crippen LogP contribution in [0.15, 0.2) is 30.3 Å². The van der Waals surface area contributed by atoms with Gasteiger partial charge in [-0.3, -0.25) is 0 Å². The number of nitrogens with one attached hydrogen (secondary N) is 1. The molecule has 118 valence electrons. The van der Waals surface area contributed by atoms with Crippen molar-refractivity contribution in [1.29, 1.82) is 0 Å². The van der Waals surface area contributed by atoms with Crippen LogP contribution in [-0.4, -0.2) is 17.1 Å². The summed E-state index contributed by atoms with van der Waals surface area (Å²) in [7, 11) is 1.50. The first-order valence-corrected chi connectivity index (χ1v) is 6.69. The van der Waals surface area contributed by atoms with E-state index in [-0.39, 0.29) is 29.8 Å². The van der Waals surface area contributed by atoms with E-state index in [1.165, 1.54) is 25.3 Å². The van der Waals surface area contributed by atoms with Crippen molar-refractivity contribution in [3.63, 3.8) is 0 Å². The third kappa shape index (κ3) is 4.32. The normalized spacial score (nSPS) is 11.5. The maximum absolute atomic E-state index is 12.9. The highest BCUT2D eigenvalue weighted by molar-refractivity contribution is 6.29. The molecule has 22 heavy (non-hydrogen) atoms. The minimum absolute atomic E-state index is 0.0670. The Balaban J connectivity index is 2.17. The Hall–Kier alpha value is -1.86. The van der Waals surface area contributed by atoms with Crippen molar-refractivity contribution in [3.05, 3.63) is 52.3 Å². The minimum Gasteiger partial charge on any atom is -0.378 e. The molecule has 0 fully saturated rings. The Morgan fingerprint density at radius 2 is 1.95 bits per heavy atom. The number of rotatable bonds is 5. The Morgan fingerprint density at radius 1 is 1.23 bits per heavy atom. The topological polar surface area (TPSA) is 47.0 Å². The van der Waals surface area contributed by atoms with E-state index in [0.717, 1.165) is 6.07 Å². The summed E-state index contributed by atoms with van der Waals surface area (Å²) < 4.78 is 43.7.